The molecule has 6 rings (SSSR count). The number of nitrogens with zero attached hydrogens (tertiary/aromatic N) is 6. The highest BCUT2D eigenvalue weighted by Crippen LogP contribution is 2.34. The average Bonchev–Trinajstić information content (AvgIpc) is 3.56. The zero-order valence-electron chi connectivity index (χ0n) is 17.8. The van der Waals surface area contributed by atoms with E-state index in [-0.39, 0.29) is 11.7 Å². The second kappa shape index (κ2) is 7.18. The molecule has 0 unspecified atom stereocenters. The van der Waals surface area contributed by atoms with E-state index in [0.717, 1.165) is 59.3 Å². The molecule has 1 aliphatic carbocycles. The van der Waals surface area contributed by atoms with Crippen LogP contribution in [0.25, 0.3) is 33.2 Å². The fraction of sp³-hybridized carbons (Fsp3) is 0.417. The Balaban J connectivity index is 1.50. The molecule has 0 N–H and O–H groups in total. The zero-order chi connectivity index (χ0) is 20.9. The summed E-state index contributed by atoms with van der Waals surface area (Å²) in [4.78, 5) is 20.1. The van der Waals surface area contributed by atoms with Gasteiger partial charge in [0.1, 0.15) is 11.3 Å². The first kappa shape index (κ1) is 18.5. The number of hydrogen-bond donors (Lipinski definition) is 0. The second-order valence-electron chi connectivity index (χ2n) is 8.85. The lowest BCUT2D eigenvalue weighted by Crippen LogP contribution is -2.24. The van der Waals surface area contributed by atoms with E-state index in [1.165, 1.54) is 25.7 Å². The molecule has 158 valence electrons. The van der Waals surface area contributed by atoms with Crippen LogP contribution in [0.1, 0.15) is 44.6 Å². The number of fused-ring (bicyclic) bond motifs is 3. The van der Waals surface area contributed by atoms with Gasteiger partial charge in [-0.2, -0.15) is 0 Å². The predicted octanol–water partition coefficient (Wildman–Crippen LogP) is 4.06. The molecule has 0 atom stereocenters. The summed E-state index contributed by atoms with van der Waals surface area (Å²) in [6.45, 7) is 2.18. The molecule has 0 radical (unpaired) electrons. The summed E-state index contributed by atoms with van der Waals surface area (Å²) in [5, 5.41) is 9.78. The average molecular weight is 415 g/mol. The summed E-state index contributed by atoms with van der Waals surface area (Å²) in [6, 6.07) is 10.7. The van der Waals surface area contributed by atoms with Crippen LogP contribution in [-0.4, -0.2) is 37.4 Å². The van der Waals surface area contributed by atoms with Crippen molar-refractivity contribution in [2.24, 2.45) is 7.05 Å². The largest absolute Gasteiger partial charge is 0.357 e. The fourth-order valence-electron chi connectivity index (χ4n) is 5.26. The first-order valence-corrected chi connectivity index (χ1v) is 11.3. The lowest BCUT2D eigenvalue weighted by molar-refractivity contribution is 0.510. The number of pyridine rings is 1. The molecule has 2 aliphatic rings. The van der Waals surface area contributed by atoms with Crippen molar-refractivity contribution in [1.82, 2.24) is 24.3 Å². The van der Waals surface area contributed by atoms with Crippen molar-refractivity contribution in [1.29, 1.82) is 0 Å². The van der Waals surface area contributed by atoms with E-state index in [0.29, 0.717) is 5.65 Å². The Bertz CT molecular complexity index is 1320. The molecule has 0 amide bonds. The van der Waals surface area contributed by atoms with E-state index in [4.69, 9.17) is 4.98 Å². The summed E-state index contributed by atoms with van der Waals surface area (Å²) in [5.41, 5.74) is 4.54. The maximum Gasteiger partial charge on any atom is 0.330 e. The standard InChI is InChI=1S/C24H26N6O/c1-28-23-22(30(24(28)31)18-6-2-3-7-18)19-14-16(8-10-20(19)26-27-23)17-9-11-21(25-15-17)29-12-4-5-13-29/h8-11,14-15,18H,2-7,12-13H2,1H3. The molecule has 0 spiro atoms. The van der Waals surface area contributed by atoms with Gasteiger partial charge in [-0.05, 0) is 55.5 Å². The Hall–Kier alpha value is -3.22. The summed E-state index contributed by atoms with van der Waals surface area (Å²) < 4.78 is 3.61. The van der Waals surface area contributed by atoms with Gasteiger partial charge < -0.3 is 4.90 Å². The van der Waals surface area contributed by atoms with Crippen LogP contribution < -0.4 is 10.6 Å². The fourth-order valence-corrected chi connectivity index (χ4v) is 5.26. The van der Waals surface area contributed by atoms with Crippen LogP contribution in [0.4, 0.5) is 5.82 Å². The van der Waals surface area contributed by atoms with E-state index in [1.54, 1.807) is 11.6 Å². The SMILES string of the molecule is Cn1c(=O)n(C2CCCC2)c2c3cc(-c4ccc(N5CCCC5)nc4)ccc3nnc21. The number of aromatic nitrogens is 5. The lowest BCUT2D eigenvalue weighted by atomic mass is 10.0. The Kier molecular flexibility index (Phi) is 4.30. The quantitative estimate of drug-likeness (QED) is 0.506. The lowest BCUT2D eigenvalue weighted by Gasteiger charge is -2.16. The van der Waals surface area contributed by atoms with Crippen LogP contribution in [0.2, 0.25) is 0 Å². The van der Waals surface area contributed by atoms with Gasteiger partial charge in [-0.15, -0.1) is 10.2 Å². The van der Waals surface area contributed by atoms with Gasteiger partial charge >= 0.3 is 5.69 Å². The topological polar surface area (TPSA) is 68.8 Å². The smallest absolute Gasteiger partial charge is 0.330 e. The third-order valence-corrected chi connectivity index (χ3v) is 6.97. The molecular formula is C24H26N6O. The van der Waals surface area contributed by atoms with Crippen molar-refractivity contribution in [3.63, 3.8) is 0 Å². The van der Waals surface area contributed by atoms with Gasteiger partial charge in [0, 0.05) is 43.3 Å². The highest BCUT2D eigenvalue weighted by molar-refractivity contribution is 6.02. The number of aryl methyl sites for hydroxylation is 1. The maximum absolute atomic E-state index is 13.1. The second-order valence-corrected chi connectivity index (χ2v) is 8.85. The number of anilines is 1. The molecule has 2 fully saturated rings. The van der Waals surface area contributed by atoms with Gasteiger partial charge in [0.05, 0.1) is 5.52 Å². The minimum atomic E-state index is 0.00531. The molecule has 0 bridgehead atoms. The number of hydrogen-bond acceptors (Lipinski definition) is 5. The van der Waals surface area contributed by atoms with Crippen molar-refractivity contribution in [3.05, 3.63) is 47.0 Å². The molecule has 1 aromatic carbocycles. The van der Waals surface area contributed by atoms with E-state index in [9.17, 15) is 4.79 Å². The molecule has 31 heavy (non-hydrogen) atoms. The monoisotopic (exact) mass is 414 g/mol. The molecule has 4 aromatic rings. The normalized spacial score (nSPS) is 17.4. The van der Waals surface area contributed by atoms with Crippen LogP contribution in [0.15, 0.2) is 41.3 Å². The van der Waals surface area contributed by atoms with E-state index in [1.807, 2.05) is 16.8 Å². The third kappa shape index (κ3) is 2.94. The van der Waals surface area contributed by atoms with Crippen molar-refractivity contribution in [3.8, 4) is 11.1 Å². The molecule has 1 saturated heterocycles. The minimum absolute atomic E-state index is 0.00531. The van der Waals surface area contributed by atoms with Crippen LogP contribution >= 0.6 is 0 Å². The molecule has 7 heteroatoms. The molecule has 7 nitrogen and oxygen atoms in total. The Morgan fingerprint density at radius 3 is 2.45 bits per heavy atom. The molecule has 1 saturated carbocycles. The van der Waals surface area contributed by atoms with E-state index < -0.39 is 0 Å². The first-order valence-electron chi connectivity index (χ1n) is 11.3. The Morgan fingerprint density at radius 2 is 1.71 bits per heavy atom. The van der Waals surface area contributed by atoms with Gasteiger partial charge in [0.15, 0.2) is 5.65 Å². The number of imidazole rings is 1. The molecular weight excluding hydrogens is 388 g/mol. The van der Waals surface area contributed by atoms with Crippen molar-refractivity contribution >= 4 is 27.9 Å². The number of benzene rings is 1. The molecule has 3 aromatic heterocycles. The van der Waals surface area contributed by atoms with Gasteiger partial charge in [-0.1, -0.05) is 18.9 Å². The van der Waals surface area contributed by atoms with Gasteiger partial charge in [0.25, 0.3) is 0 Å². The van der Waals surface area contributed by atoms with Crippen LogP contribution in [0.5, 0.6) is 0 Å². The number of rotatable bonds is 3. The van der Waals surface area contributed by atoms with Crippen molar-refractivity contribution in [2.45, 2.75) is 44.6 Å². The van der Waals surface area contributed by atoms with Crippen LogP contribution in [0.3, 0.4) is 0 Å². The van der Waals surface area contributed by atoms with E-state index in [2.05, 4.69) is 39.4 Å². The summed E-state index contributed by atoms with van der Waals surface area (Å²) in [6.07, 6.45) is 8.87. The van der Waals surface area contributed by atoms with Gasteiger partial charge in [-0.25, -0.2) is 9.78 Å². The van der Waals surface area contributed by atoms with Crippen molar-refractivity contribution < 1.29 is 0 Å². The van der Waals surface area contributed by atoms with E-state index >= 15 is 0 Å². The van der Waals surface area contributed by atoms with Gasteiger partial charge in [0.2, 0.25) is 0 Å². The van der Waals surface area contributed by atoms with Crippen LogP contribution in [0, 0.1) is 0 Å². The Morgan fingerprint density at radius 1 is 0.935 bits per heavy atom. The summed E-state index contributed by atoms with van der Waals surface area (Å²) >= 11 is 0. The zero-order valence-corrected chi connectivity index (χ0v) is 17.8. The van der Waals surface area contributed by atoms with Gasteiger partial charge in [-0.3, -0.25) is 9.13 Å². The molecule has 4 heterocycles. The summed E-state index contributed by atoms with van der Waals surface area (Å²) in [7, 11) is 1.79. The maximum atomic E-state index is 13.1. The van der Waals surface area contributed by atoms with Crippen molar-refractivity contribution in [2.75, 3.05) is 18.0 Å². The Labute approximate surface area is 180 Å². The minimum Gasteiger partial charge on any atom is -0.357 e. The first-order chi connectivity index (χ1) is 15.2. The third-order valence-electron chi connectivity index (χ3n) is 6.97. The highest BCUT2D eigenvalue weighted by atomic mass is 16.1. The highest BCUT2D eigenvalue weighted by Gasteiger charge is 2.25. The van der Waals surface area contributed by atoms with Crippen LogP contribution in [-0.2, 0) is 7.05 Å². The summed E-state index contributed by atoms with van der Waals surface area (Å²) in [5.74, 6) is 1.05. The molecule has 1 aliphatic heterocycles. The predicted molar refractivity (Wildman–Crippen MR) is 122 cm³/mol.